The Morgan fingerprint density at radius 3 is 2.53 bits per heavy atom. The van der Waals surface area contributed by atoms with Crippen LogP contribution in [-0.4, -0.2) is 6.79 Å². The van der Waals surface area contributed by atoms with Gasteiger partial charge >= 0.3 is 0 Å². The van der Waals surface area contributed by atoms with Gasteiger partial charge in [0, 0.05) is 15.4 Å². The predicted octanol–water partition coefficient (Wildman–Crippen LogP) is 4.90. The lowest BCUT2D eigenvalue weighted by Gasteiger charge is -2.11. The molecule has 0 heterocycles. The fraction of sp³-hybridized carbons (Fsp3) is 0.200. The molecule has 0 aliphatic heterocycles. The zero-order chi connectivity index (χ0) is 13.5. The van der Waals surface area contributed by atoms with Crippen molar-refractivity contribution < 1.29 is 9.47 Å². The zero-order valence-corrected chi connectivity index (χ0v) is 13.5. The molecule has 2 nitrogen and oxygen atoms in total. The van der Waals surface area contributed by atoms with Gasteiger partial charge in [0.15, 0.2) is 6.79 Å². The van der Waals surface area contributed by atoms with Gasteiger partial charge < -0.3 is 9.47 Å². The van der Waals surface area contributed by atoms with Crippen LogP contribution in [0.1, 0.15) is 11.1 Å². The van der Waals surface area contributed by atoms with Gasteiger partial charge in [0.2, 0.25) is 0 Å². The second-order valence-electron chi connectivity index (χ2n) is 3.98. The first-order chi connectivity index (χ1) is 9.29. The van der Waals surface area contributed by atoms with E-state index in [2.05, 4.69) is 31.9 Å². The number of halogens is 2. The molecule has 0 aliphatic rings. The Morgan fingerprint density at radius 1 is 1.00 bits per heavy atom. The fourth-order valence-electron chi connectivity index (χ4n) is 1.63. The molecule has 0 aliphatic carbocycles. The summed E-state index contributed by atoms with van der Waals surface area (Å²) in [5.41, 5.74) is 2.24. The Balaban J connectivity index is 1.83. The Hall–Kier alpha value is -0.840. The molecule has 0 amide bonds. The molecule has 0 aromatic heterocycles. The second-order valence-corrected chi connectivity index (χ2v) is 5.46. The van der Waals surface area contributed by atoms with E-state index in [1.807, 2.05) is 48.5 Å². The molecular weight excluding hydrogens is 372 g/mol. The van der Waals surface area contributed by atoms with E-state index in [1.165, 1.54) is 0 Å². The van der Waals surface area contributed by atoms with Gasteiger partial charge in [-0.2, -0.15) is 0 Å². The van der Waals surface area contributed by atoms with Crippen LogP contribution in [0, 0.1) is 0 Å². The van der Waals surface area contributed by atoms with E-state index >= 15 is 0 Å². The average Bonchev–Trinajstić information content (AvgIpc) is 2.46. The van der Waals surface area contributed by atoms with Crippen molar-refractivity contribution in [2.45, 2.75) is 11.9 Å². The van der Waals surface area contributed by atoms with Crippen molar-refractivity contribution in [2.75, 3.05) is 6.79 Å². The van der Waals surface area contributed by atoms with Gasteiger partial charge in [-0.15, -0.1) is 0 Å². The minimum atomic E-state index is 0.247. The highest BCUT2D eigenvalue weighted by molar-refractivity contribution is 9.10. The first kappa shape index (κ1) is 14.6. The monoisotopic (exact) mass is 384 g/mol. The van der Waals surface area contributed by atoms with Crippen LogP contribution in [0.3, 0.4) is 0 Å². The fourth-order valence-corrected chi connectivity index (χ4v) is 2.48. The van der Waals surface area contributed by atoms with Crippen molar-refractivity contribution in [2.24, 2.45) is 0 Å². The molecule has 0 saturated carbocycles. The van der Waals surface area contributed by atoms with E-state index in [4.69, 9.17) is 9.47 Å². The van der Waals surface area contributed by atoms with Crippen molar-refractivity contribution in [1.29, 1.82) is 0 Å². The zero-order valence-electron chi connectivity index (χ0n) is 10.3. The largest absolute Gasteiger partial charge is 0.467 e. The van der Waals surface area contributed by atoms with Crippen LogP contribution in [0.15, 0.2) is 53.0 Å². The number of rotatable bonds is 6. The number of hydrogen-bond acceptors (Lipinski definition) is 2. The summed E-state index contributed by atoms with van der Waals surface area (Å²) in [6.45, 7) is 0.803. The summed E-state index contributed by atoms with van der Waals surface area (Å²) in [6, 6.07) is 16.0. The molecule has 0 saturated heterocycles. The molecule has 0 N–H and O–H groups in total. The molecule has 100 valence electrons. The van der Waals surface area contributed by atoms with Crippen molar-refractivity contribution in [3.63, 3.8) is 0 Å². The topological polar surface area (TPSA) is 18.5 Å². The highest BCUT2D eigenvalue weighted by atomic mass is 79.9. The van der Waals surface area contributed by atoms with Crippen LogP contribution in [0.2, 0.25) is 0 Å². The maximum atomic E-state index is 5.63. The lowest BCUT2D eigenvalue weighted by atomic mass is 10.2. The van der Waals surface area contributed by atoms with Gasteiger partial charge in [-0.05, 0) is 23.8 Å². The molecule has 19 heavy (non-hydrogen) atoms. The van der Waals surface area contributed by atoms with Gasteiger partial charge in [-0.25, -0.2) is 0 Å². The van der Waals surface area contributed by atoms with E-state index < -0.39 is 0 Å². The van der Waals surface area contributed by atoms with E-state index in [-0.39, 0.29) is 6.79 Å². The summed E-state index contributed by atoms with van der Waals surface area (Å²) in [5.74, 6) is 0.841. The Labute approximate surface area is 130 Å². The lowest BCUT2D eigenvalue weighted by molar-refractivity contribution is 0.00465. The molecule has 0 fully saturated rings. The molecule has 4 heteroatoms. The van der Waals surface area contributed by atoms with E-state index in [1.54, 1.807) is 0 Å². The smallest absolute Gasteiger partial charge is 0.189 e. The molecule has 0 bridgehead atoms. The van der Waals surface area contributed by atoms with Crippen LogP contribution in [0.4, 0.5) is 0 Å². The average molecular weight is 386 g/mol. The van der Waals surface area contributed by atoms with Crippen molar-refractivity contribution >= 4 is 31.9 Å². The molecular formula is C15H14Br2O2. The van der Waals surface area contributed by atoms with Gasteiger partial charge in [0.1, 0.15) is 5.75 Å². The number of benzene rings is 2. The van der Waals surface area contributed by atoms with Gasteiger partial charge in [0.05, 0.1) is 6.61 Å². The lowest BCUT2D eigenvalue weighted by Crippen LogP contribution is -2.04. The van der Waals surface area contributed by atoms with E-state index in [0.717, 1.165) is 26.7 Å². The third-order valence-corrected chi connectivity index (χ3v) is 3.67. The second kappa shape index (κ2) is 7.68. The third kappa shape index (κ3) is 4.64. The first-order valence-electron chi connectivity index (χ1n) is 5.88. The molecule has 0 spiro atoms. The summed E-state index contributed by atoms with van der Waals surface area (Å²) < 4.78 is 12.2. The minimum Gasteiger partial charge on any atom is -0.467 e. The Kier molecular flexibility index (Phi) is 5.89. The van der Waals surface area contributed by atoms with Crippen LogP contribution in [0.5, 0.6) is 5.75 Å². The highest BCUT2D eigenvalue weighted by Gasteiger charge is 2.03. The third-order valence-electron chi connectivity index (χ3n) is 2.58. The van der Waals surface area contributed by atoms with Crippen molar-refractivity contribution in [3.05, 3.63) is 64.1 Å². The number of hydrogen-bond donors (Lipinski definition) is 0. The summed E-state index contributed by atoms with van der Waals surface area (Å²) >= 11 is 6.89. The molecule has 0 unspecified atom stereocenters. The molecule has 2 aromatic carbocycles. The van der Waals surface area contributed by atoms with Gasteiger partial charge in [-0.1, -0.05) is 62.2 Å². The summed E-state index contributed by atoms with van der Waals surface area (Å²) in [7, 11) is 0. The molecule has 2 rings (SSSR count). The van der Waals surface area contributed by atoms with Crippen molar-refractivity contribution in [1.82, 2.24) is 0 Å². The molecule has 0 atom stereocenters. The van der Waals surface area contributed by atoms with E-state index in [9.17, 15) is 0 Å². The van der Waals surface area contributed by atoms with Gasteiger partial charge in [0.25, 0.3) is 0 Å². The van der Waals surface area contributed by atoms with Crippen LogP contribution in [0.25, 0.3) is 0 Å². The highest BCUT2D eigenvalue weighted by Crippen LogP contribution is 2.25. The maximum absolute atomic E-state index is 5.63. The number of ether oxygens (including phenoxy) is 2. The maximum Gasteiger partial charge on any atom is 0.189 e. The quantitative estimate of drug-likeness (QED) is 0.400. The summed E-state index contributed by atoms with van der Waals surface area (Å²) in [4.78, 5) is 0. The Morgan fingerprint density at radius 2 is 1.79 bits per heavy atom. The predicted molar refractivity (Wildman–Crippen MR) is 83.5 cm³/mol. The van der Waals surface area contributed by atoms with Gasteiger partial charge in [-0.3, -0.25) is 0 Å². The van der Waals surface area contributed by atoms with Crippen molar-refractivity contribution in [3.8, 4) is 5.75 Å². The Bertz CT molecular complexity index is 515. The SMILES string of the molecule is BrCc1cc(Br)ccc1OCOCc1ccccc1. The normalized spacial score (nSPS) is 10.4. The van der Waals surface area contributed by atoms with Crippen LogP contribution in [-0.2, 0) is 16.7 Å². The van der Waals surface area contributed by atoms with Crippen LogP contribution >= 0.6 is 31.9 Å². The standard InChI is InChI=1S/C15H14Br2O2/c16-9-13-8-14(17)6-7-15(13)19-11-18-10-12-4-2-1-3-5-12/h1-8H,9-11H2. The first-order valence-corrected chi connectivity index (χ1v) is 7.80. The molecule has 2 aromatic rings. The number of alkyl halides is 1. The molecule has 0 radical (unpaired) electrons. The minimum absolute atomic E-state index is 0.247. The van der Waals surface area contributed by atoms with Crippen LogP contribution < -0.4 is 4.74 Å². The van der Waals surface area contributed by atoms with E-state index in [0.29, 0.717) is 6.61 Å². The summed E-state index contributed by atoms with van der Waals surface area (Å²) in [6.07, 6.45) is 0. The summed E-state index contributed by atoms with van der Waals surface area (Å²) in [5, 5.41) is 0.750.